The van der Waals surface area contributed by atoms with E-state index in [4.69, 9.17) is 14.7 Å². The first-order valence-corrected chi connectivity index (χ1v) is 14.1. The lowest BCUT2D eigenvalue weighted by Gasteiger charge is -2.15. The Labute approximate surface area is 177 Å². The van der Waals surface area contributed by atoms with Crippen molar-refractivity contribution in [2.45, 2.75) is 58.1 Å². The summed E-state index contributed by atoms with van der Waals surface area (Å²) in [6.45, 7) is 10.1. The van der Waals surface area contributed by atoms with E-state index in [9.17, 15) is 5.26 Å². The van der Waals surface area contributed by atoms with Crippen LogP contribution in [-0.2, 0) is 18.5 Å². The molecule has 1 N–H and O–H groups in total. The zero-order chi connectivity index (χ0) is 21.5. The molecule has 0 amide bonds. The van der Waals surface area contributed by atoms with E-state index in [1.807, 2.05) is 29.4 Å². The van der Waals surface area contributed by atoms with Gasteiger partial charge in [0.25, 0.3) is 0 Å². The van der Waals surface area contributed by atoms with Crippen molar-refractivity contribution < 1.29 is 4.74 Å². The Kier molecular flexibility index (Phi) is 5.38. The Bertz CT molecular complexity index is 1120. The first-order valence-electron chi connectivity index (χ1n) is 10.4. The number of aryl methyl sites for hydroxylation is 1. The Balaban J connectivity index is 1.69. The van der Waals surface area contributed by atoms with Crippen LogP contribution in [0, 0.1) is 18.3 Å². The van der Waals surface area contributed by atoms with Crippen molar-refractivity contribution in [3.8, 4) is 6.07 Å². The molecule has 0 radical (unpaired) electrons. The molecule has 0 bridgehead atoms. The number of ether oxygens (including phenoxy) is 1. The fourth-order valence-electron chi connectivity index (χ4n) is 3.39. The van der Waals surface area contributed by atoms with E-state index in [1.54, 1.807) is 6.20 Å². The van der Waals surface area contributed by atoms with Crippen LogP contribution in [0.1, 0.15) is 35.7 Å². The molecule has 0 unspecified atom stereocenters. The number of anilines is 2. The maximum atomic E-state index is 9.72. The lowest BCUT2D eigenvalue weighted by atomic mass is 10.1. The number of fused-ring (bicyclic) bond motifs is 1. The summed E-state index contributed by atoms with van der Waals surface area (Å²) < 4.78 is 9.70. The van der Waals surface area contributed by atoms with Crippen molar-refractivity contribution in [3.05, 3.63) is 29.3 Å². The molecule has 1 saturated carbocycles. The monoisotopic (exact) mass is 423 g/mol. The van der Waals surface area contributed by atoms with Crippen molar-refractivity contribution in [2.75, 3.05) is 11.9 Å². The first-order chi connectivity index (χ1) is 14.3. The van der Waals surface area contributed by atoms with Gasteiger partial charge < -0.3 is 14.6 Å². The smallest absolute Gasteiger partial charge is 0.229 e. The largest absolute Gasteiger partial charge is 0.361 e. The fraction of sp³-hybridized carbons (Fsp3) is 0.524. The molecule has 9 heteroatoms. The Morgan fingerprint density at radius 2 is 2.07 bits per heavy atom. The van der Waals surface area contributed by atoms with Crippen LogP contribution < -0.4 is 5.32 Å². The van der Waals surface area contributed by atoms with Gasteiger partial charge in [0.2, 0.25) is 5.95 Å². The zero-order valence-corrected chi connectivity index (χ0v) is 19.4. The van der Waals surface area contributed by atoms with Crippen molar-refractivity contribution in [1.82, 2.24) is 24.3 Å². The first kappa shape index (κ1) is 20.6. The summed E-state index contributed by atoms with van der Waals surface area (Å²) in [7, 11) is 0.753. The highest BCUT2D eigenvalue weighted by atomic mass is 28.3. The van der Waals surface area contributed by atoms with Gasteiger partial charge in [-0.1, -0.05) is 19.6 Å². The number of nitriles is 1. The molecule has 1 aliphatic carbocycles. The molecule has 0 aliphatic heterocycles. The minimum atomic E-state index is -1.15. The maximum Gasteiger partial charge on any atom is 0.229 e. The molecular weight excluding hydrogens is 394 g/mol. The topological polar surface area (TPSA) is 93.6 Å². The van der Waals surface area contributed by atoms with E-state index in [-0.39, 0.29) is 0 Å². The summed E-state index contributed by atoms with van der Waals surface area (Å²) in [5.41, 5.74) is 4.21. The van der Waals surface area contributed by atoms with Gasteiger partial charge in [-0.05, 0) is 25.8 Å². The third-order valence-corrected chi connectivity index (χ3v) is 7.24. The van der Waals surface area contributed by atoms with Gasteiger partial charge in [-0.15, -0.1) is 0 Å². The number of hydrogen-bond acceptors (Lipinski definition) is 6. The highest BCUT2D eigenvalue weighted by Gasteiger charge is 2.30. The van der Waals surface area contributed by atoms with Crippen LogP contribution >= 0.6 is 0 Å². The van der Waals surface area contributed by atoms with Crippen LogP contribution in [0.15, 0.2) is 12.4 Å². The number of rotatable bonds is 8. The predicted octanol–water partition coefficient (Wildman–Crippen LogP) is 4.28. The normalized spacial score (nSPS) is 14.3. The lowest BCUT2D eigenvalue weighted by Crippen LogP contribution is -2.22. The quantitative estimate of drug-likeness (QED) is 0.429. The number of nitrogens with zero attached hydrogens (tertiary/aromatic N) is 6. The van der Waals surface area contributed by atoms with Crippen LogP contribution in [0.25, 0.3) is 11.0 Å². The molecule has 30 heavy (non-hydrogen) atoms. The van der Waals surface area contributed by atoms with E-state index < -0.39 is 8.07 Å². The molecule has 0 atom stereocenters. The van der Waals surface area contributed by atoms with Crippen LogP contribution in [0.5, 0.6) is 0 Å². The second-order valence-electron chi connectivity index (χ2n) is 9.27. The van der Waals surface area contributed by atoms with Gasteiger partial charge >= 0.3 is 0 Å². The fourth-order valence-corrected chi connectivity index (χ4v) is 4.14. The van der Waals surface area contributed by atoms with Crippen LogP contribution in [0.2, 0.25) is 25.7 Å². The molecule has 158 valence electrons. The van der Waals surface area contributed by atoms with Gasteiger partial charge in [-0.2, -0.15) is 15.3 Å². The SMILES string of the molecule is Cc1c(Nc2nc(C3CC3)c3c(C#N)cn(COCC[Si](C)(C)C)c3n2)cnn1C. The van der Waals surface area contributed by atoms with E-state index in [1.165, 1.54) is 0 Å². The third kappa shape index (κ3) is 4.25. The van der Waals surface area contributed by atoms with Crippen molar-refractivity contribution in [3.63, 3.8) is 0 Å². The highest BCUT2D eigenvalue weighted by Crippen LogP contribution is 2.43. The standard InChI is InChI=1S/C21H29N7OSi/c1-14-17(11-23-27(14)2)24-21-25-19(15-6-7-15)18-16(10-22)12-28(20(18)26-21)13-29-8-9-30(3,4)5/h11-12,15H,6-9,13H2,1-5H3,(H,24,25,26). The van der Waals surface area contributed by atoms with Crippen molar-refractivity contribution in [2.24, 2.45) is 7.05 Å². The Morgan fingerprint density at radius 3 is 2.67 bits per heavy atom. The molecule has 0 aromatic carbocycles. The van der Waals surface area contributed by atoms with Gasteiger partial charge in [0.05, 0.1) is 34.2 Å². The highest BCUT2D eigenvalue weighted by molar-refractivity contribution is 6.76. The summed E-state index contributed by atoms with van der Waals surface area (Å²) in [6.07, 6.45) is 5.82. The van der Waals surface area contributed by atoms with E-state index in [0.717, 1.165) is 53.6 Å². The molecule has 4 rings (SSSR count). The van der Waals surface area contributed by atoms with Gasteiger partial charge in [-0.25, -0.2) is 4.98 Å². The lowest BCUT2D eigenvalue weighted by molar-refractivity contribution is 0.0898. The molecule has 0 spiro atoms. The molecular formula is C21H29N7OSi. The van der Waals surface area contributed by atoms with E-state index in [2.05, 4.69) is 36.1 Å². The van der Waals surface area contributed by atoms with Gasteiger partial charge in [0, 0.05) is 33.8 Å². The van der Waals surface area contributed by atoms with Crippen LogP contribution in [0.3, 0.4) is 0 Å². The summed E-state index contributed by atoms with van der Waals surface area (Å²) in [5.74, 6) is 0.924. The van der Waals surface area contributed by atoms with Gasteiger partial charge in [-0.3, -0.25) is 4.68 Å². The molecule has 3 aromatic rings. The molecule has 3 heterocycles. The average molecular weight is 424 g/mol. The Hall–Kier alpha value is -2.70. The summed E-state index contributed by atoms with van der Waals surface area (Å²) in [6, 6.07) is 3.43. The van der Waals surface area contributed by atoms with E-state index >= 15 is 0 Å². The molecule has 3 aromatic heterocycles. The second kappa shape index (κ2) is 7.85. The second-order valence-corrected chi connectivity index (χ2v) is 14.9. The predicted molar refractivity (Wildman–Crippen MR) is 120 cm³/mol. The van der Waals surface area contributed by atoms with Crippen molar-refractivity contribution in [1.29, 1.82) is 5.26 Å². The number of nitrogens with one attached hydrogen (secondary N) is 1. The molecule has 0 saturated heterocycles. The third-order valence-electron chi connectivity index (χ3n) is 5.54. The zero-order valence-electron chi connectivity index (χ0n) is 18.4. The summed E-state index contributed by atoms with van der Waals surface area (Å²) in [5, 5.41) is 18.2. The molecule has 8 nitrogen and oxygen atoms in total. The summed E-state index contributed by atoms with van der Waals surface area (Å²) in [4.78, 5) is 9.57. The van der Waals surface area contributed by atoms with Crippen LogP contribution in [-0.4, -0.2) is 39.0 Å². The summed E-state index contributed by atoms with van der Waals surface area (Å²) >= 11 is 0. The number of aromatic nitrogens is 5. The molecule has 1 aliphatic rings. The number of hydrogen-bond donors (Lipinski definition) is 1. The Morgan fingerprint density at radius 1 is 1.30 bits per heavy atom. The van der Waals surface area contributed by atoms with Gasteiger partial charge in [0.15, 0.2) is 0 Å². The van der Waals surface area contributed by atoms with Crippen LogP contribution in [0.4, 0.5) is 11.6 Å². The molecule has 1 fully saturated rings. The van der Waals surface area contributed by atoms with Gasteiger partial charge in [0.1, 0.15) is 18.4 Å². The average Bonchev–Trinajstić information content (AvgIpc) is 3.42. The minimum absolute atomic E-state index is 0.384. The van der Waals surface area contributed by atoms with Crippen molar-refractivity contribution >= 4 is 30.7 Å². The van der Waals surface area contributed by atoms with E-state index in [0.29, 0.717) is 24.2 Å². The minimum Gasteiger partial charge on any atom is -0.361 e. The maximum absolute atomic E-state index is 9.72.